The van der Waals surface area contributed by atoms with Gasteiger partial charge in [-0.25, -0.2) is 0 Å². The molecule has 0 aromatic carbocycles. The zero-order valence-corrected chi connectivity index (χ0v) is 10.8. The Hall–Kier alpha value is -1.14. The first-order chi connectivity index (χ1) is 8.61. The summed E-state index contributed by atoms with van der Waals surface area (Å²) in [5, 5.41) is 17.7. The van der Waals surface area contributed by atoms with Crippen molar-refractivity contribution in [1.82, 2.24) is 9.80 Å². The highest BCUT2D eigenvalue weighted by atomic mass is 16.3. The standard InChI is InChI=1S/C12H22N2O4/c1-10-4-2-3-5-14(10)12(18)11(17)13(6-8-15)7-9-16/h10,15-16H,2-9H2,1H3. The third-order valence-corrected chi connectivity index (χ3v) is 3.27. The topological polar surface area (TPSA) is 81.1 Å². The van der Waals surface area contributed by atoms with E-state index in [4.69, 9.17) is 10.2 Å². The third-order valence-electron chi connectivity index (χ3n) is 3.27. The summed E-state index contributed by atoms with van der Waals surface area (Å²) in [5.41, 5.74) is 0. The molecule has 1 saturated heterocycles. The highest BCUT2D eigenvalue weighted by Gasteiger charge is 2.30. The number of aliphatic hydroxyl groups is 2. The van der Waals surface area contributed by atoms with Gasteiger partial charge in [-0.15, -0.1) is 0 Å². The maximum absolute atomic E-state index is 12.1. The molecular formula is C12H22N2O4. The summed E-state index contributed by atoms with van der Waals surface area (Å²) in [6.07, 6.45) is 2.92. The summed E-state index contributed by atoms with van der Waals surface area (Å²) in [6, 6.07) is 0.0836. The minimum Gasteiger partial charge on any atom is -0.395 e. The van der Waals surface area contributed by atoms with Gasteiger partial charge in [0.15, 0.2) is 0 Å². The fourth-order valence-electron chi connectivity index (χ4n) is 2.21. The number of amides is 2. The van der Waals surface area contributed by atoms with Gasteiger partial charge in [-0.3, -0.25) is 9.59 Å². The van der Waals surface area contributed by atoms with Gasteiger partial charge >= 0.3 is 11.8 Å². The molecule has 1 aliphatic heterocycles. The summed E-state index contributed by atoms with van der Waals surface area (Å²) < 4.78 is 0. The second-order valence-corrected chi connectivity index (χ2v) is 4.58. The summed E-state index contributed by atoms with van der Waals surface area (Å²) in [6.45, 7) is 2.27. The Morgan fingerprint density at radius 2 is 1.83 bits per heavy atom. The van der Waals surface area contributed by atoms with Gasteiger partial charge in [0.1, 0.15) is 0 Å². The molecule has 0 spiro atoms. The molecule has 104 valence electrons. The Balaban J connectivity index is 2.65. The van der Waals surface area contributed by atoms with Crippen LogP contribution in [0.2, 0.25) is 0 Å². The zero-order valence-electron chi connectivity index (χ0n) is 10.8. The third kappa shape index (κ3) is 3.68. The van der Waals surface area contributed by atoms with E-state index in [1.165, 1.54) is 4.90 Å². The van der Waals surface area contributed by atoms with E-state index in [0.29, 0.717) is 6.54 Å². The molecule has 0 aromatic heterocycles. The summed E-state index contributed by atoms with van der Waals surface area (Å²) in [7, 11) is 0. The number of aliphatic hydroxyl groups excluding tert-OH is 2. The Kier molecular flexibility index (Phi) is 6.07. The normalized spacial score (nSPS) is 19.7. The molecule has 2 amide bonds. The number of hydrogen-bond acceptors (Lipinski definition) is 4. The monoisotopic (exact) mass is 258 g/mol. The lowest BCUT2D eigenvalue weighted by atomic mass is 10.0. The molecule has 1 rings (SSSR count). The second-order valence-electron chi connectivity index (χ2n) is 4.58. The average Bonchev–Trinajstić information content (AvgIpc) is 2.37. The first-order valence-electron chi connectivity index (χ1n) is 6.43. The molecule has 6 heteroatoms. The molecule has 0 saturated carbocycles. The van der Waals surface area contributed by atoms with Crippen LogP contribution in [0.1, 0.15) is 26.2 Å². The molecule has 0 aliphatic carbocycles. The van der Waals surface area contributed by atoms with E-state index >= 15 is 0 Å². The van der Waals surface area contributed by atoms with Crippen LogP contribution in [0.15, 0.2) is 0 Å². The van der Waals surface area contributed by atoms with Gasteiger partial charge in [0, 0.05) is 25.7 Å². The Bertz CT molecular complexity index is 290. The first-order valence-corrected chi connectivity index (χ1v) is 6.43. The fourth-order valence-corrected chi connectivity index (χ4v) is 2.21. The number of likely N-dealkylation sites (tertiary alicyclic amines) is 1. The number of carbonyl (C=O) groups excluding carboxylic acids is 2. The Morgan fingerprint density at radius 1 is 1.22 bits per heavy atom. The molecule has 0 radical (unpaired) electrons. The summed E-state index contributed by atoms with van der Waals surface area (Å²) in [4.78, 5) is 26.8. The number of nitrogens with zero attached hydrogens (tertiary/aromatic N) is 2. The Labute approximate surface area is 107 Å². The van der Waals surface area contributed by atoms with E-state index in [2.05, 4.69) is 0 Å². The van der Waals surface area contributed by atoms with Gasteiger partial charge in [0.2, 0.25) is 0 Å². The lowest BCUT2D eigenvalue weighted by molar-refractivity contribution is -0.154. The van der Waals surface area contributed by atoms with E-state index < -0.39 is 11.8 Å². The van der Waals surface area contributed by atoms with E-state index in [1.807, 2.05) is 6.92 Å². The van der Waals surface area contributed by atoms with Gasteiger partial charge in [-0.05, 0) is 26.2 Å². The SMILES string of the molecule is CC1CCCCN1C(=O)C(=O)N(CCO)CCO. The number of hydrogen-bond donors (Lipinski definition) is 2. The van der Waals surface area contributed by atoms with Crippen LogP contribution < -0.4 is 0 Å². The van der Waals surface area contributed by atoms with E-state index in [-0.39, 0.29) is 32.3 Å². The molecule has 0 bridgehead atoms. The lowest BCUT2D eigenvalue weighted by Crippen LogP contribution is -2.51. The van der Waals surface area contributed by atoms with Gasteiger partial charge in [0.05, 0.1) is 13.2 Å². The molecule has 1 heterocycles. The van der Waals surface area contributed by atoms with Crippen molar-refractivity contribution in [3.8, 4) is 0 Å². The van der Waals surface area contributed by atoms with E-state index in [9.17, 15) is 9.59 Å². The van der Waals surface area contributed by atoms with Crippen molar-refractivity contribution in [3.05, 3.63) is 0 Å². The highest BCUT2D eigenvalue weighted by molar-refractivity contribution is 6.35. The van der Waals surface area contributed by atoms with Crippen LogP contribution in [0.4, 0.5) is 0 Å². The first kappa shape index (κ1) is 14.9. The molecule has 18 heavy (non-hydrogen) atoms. The predicted octanol–water partition coefficient (Wildman–Crippen LogP) is -0.799. The van der Waals surface area contributed by atoms with Crippen molar-refractivity contribution in [2.24, 2.45) is 0 Å². The minimum absolute atomic E-state index is 0.0767. The van der Waals surface area contributed by atoms with Gasteiger partial charge in [-0.2, -0.15) is 0 Å². The van der Waals surface area contributed by atoms with E-state index in [0.717, 1.165) is 19.3 Å². The molecule has 1 fully saturated rings. The summed E-state index contributed by atoms with van der Waals surface area (Å²) in [5.74, 6) is -1.16. The fraction of sp³-hybridized carbons (Fsp3) is 0.833. The largest absolute Gasteiger partial charge is 0.395 e. The van der Waals surface area contributed by atoms with Gasteiger partial charge in [0.25, 0.3) is 0 Å². The quantitative estimate of drug-likeness (QED) is 0.647. The van der Waals surface area contributed by atoms with Crippen LogP contribution >= 0.6 is 0 Å². The van der Waals surface area contributed by atoms with Crippen molar-refractivity contribution in [3.63, 3.8) is 0 Å². The second kappa shape index (κ2) is 7.33. The molecule has 1 aliphatic rings. The van der Waals surface area contributed by atoms with Crippen LogP contribution in [-0.4, -0.2) is 70.7 Å². The molecule has 1 atom stereocenters. The maximum atomic E-state index is 12.1. The Morgan fingerprint density at radius 3 is 2.33 bits per heavy atom. The number of carbonyl (C=O) groups is 2. The molecule has 6 nitrogen and oxygen atoms in total. The smallest absolute Gasteiger partial charge is 0.312 e. The average molecular weight is 258 g/mol. The lowest BCUT2D eigenvalue weighted by Gasteiger charge is -2.34. The molecule has 0 aromatic rings. The molecule has 1 unspecified atom stereocenters. The van der Waals surface area contributed by atoms with Crippen LogP contribution in [-0.2, 0) is 9.59 Å². The van der Waals surface area contributed by atoms with Crippen molar-refractivity contribution in [2.45, 2.75) is 32.2 Å². The minimum atomic E-state index is -0.633. The molecule has 2 N–H and O–H groups in total. The van der Waals surface area contributed by atoms with Gasteiger partial charge < -0.3 is 20.0 Å². The van der Waals surface area contributed by atoms with E-state index in [1.54, 1.807) is 4.90 Å². The highest BCUT2D eigenvalue weighted by Crippen LogP contribution is 2.16. The van der Waals surface area contributed by atoms with Crippen molar-refractivity contribution >= 4 is 11.8 Å². The van der Waals surface area contributed by atoms with Crippen molar-refractivity contribution in [1.29, 1.82) is 0 Å². The van der Waals surface area contributed by atoms with Crippen molar-refractivity contribution < 1.29 is 19.8 Å². The predicted molar refractivity (Wildman–Crippen MR) is 65.8 cm³/mol. The van der Waals surface area contributed by atoms with Crippen molar-refractivity contribution in [2.75, 3.05) is 32.8 Å². The molecular weight excluding hydrogens is 236 g/mol. The van der Waals surface area contributed by atoms with Gasteiger partial charge in [-0.1, -0.05) is 0 Å². The number of piperidine rings is 1. The van der Waals surface area contributed by atoms with Crippen LogP contribution in [0.25, 0.3) is 0 Å². The van der Waals surface area contributed by atoms with Crippen LogP contribution in [0, 0.1) is 0 Å². The maximum Gasteiger partial charge on any atom is 0.312 e. The van der Waals surface area contributed by atoms with Crippen LogP contribution in [0.3, 0.4) is 0 Å². The zero-order chi connectivity index (χ0) is 13.5. The van der Waals surface area contributed by atoms with Crippen LogP contribution in [0.5, 0.6) is 0 Å². The number of rotatable bonds is 4. The summed E-state index contributed by atoms with van der Waals surface area (Å²) >= 11 is 0.